The van der Waals surface area contributed by atoms with E-state index in [-0.39, 0.29) is 11.8 Å². The van der Waals surface area contributed by atoms with Crippen molar-refractivity contribution in [1.82, 2.24) is 15.5 Å². The molecule has 2 fully saturated rings. The van der Waals surface area contributed by atoms with Crippen molar-refractivity contribution >= 4 is 29.7 Å². The molecule has 2 N–H and O–H groups in total. The Morgan fingerprint density at radius 3 is 2.45 bits per heavy atom. The highest BCUT2D eigenvalue weighted by atomic mass is 16.5. The van der Waals surface area contributed by atoms with Gasteiger partial charge in [0.05, 0.1) is 0 Å². The number of esters is 1. The number of rotatable bonds is 7. The summed E-state index contributed by atoms with van der Waals surface area (Å²) in [7, 11) is 0. The molecule has 0 spiro atoms. The SMILES string of the molecule is CCC1(c2ccccc2)NC(=O)N(CC(=O)OCC(=O)NC(=O)C2CCCCC2)C1=O. The number of benzene rings is 1. The fourth-order valence-corrected chi connectivity index (χ4v) is 4.09. The van der Waals surface area contributed by atoms with Gasteiger partial charge < -0.3 is 10.1 Å². The summed E-state index contributed by atoms with van der Waals surface area (Å²) in [5.74, 6) is -2.75. The van der Waals surface area contributed by atoms with Crippen LogP contribution in [-0.2, 0) is 29.5 Å². The summed E-state index contributed by atoms with van der Waals surface area (Å²) in [6, 6.07) is 8.08. The minimum absolute atomic E-state index is 0.195. The van der Waals surface area contributed by atoms with Gasteiger partial charge in [-0.05, 0) is 24.8 Å². The Kier molecular flexibility index (Phi) is 7.04. The molecule has 9 nitrogen and oxygen atoms in total. The predicted octanol–water partition coefficient (Wildman–Crippen LogP) is 1.61. The molecular formula is C22H27N3O6. The van der Waals surface area contributed by atoms with Crippen molar-refractivity contribution in [3.05, 3.63) is 35.9 Å². The topological polar surface area (TPSA) is 122 Å². The van der Waals surface area contributed by atoms with Crippen molar-refractivity contribution in [2.45, 2.75) is 51.0 Å². The molecule has 1 aliphatic heterocycles. The Morgan fingerprint density at radius 2 is 1.81 bits per heavy atom. The summed E-state index contributed by atoms with van der Waals surface area (Å²) in [6.45, 7) is 0.488. The molecule has 5 amide bonds. The van der Waals surface area contributed by atoms with E-state index < -0.39 is 42.5 Å². The maximum atomic E-state index is 13.0. The van der Waals surface area contributed by atoms with E-state index in [1.54, 1.807) is 37.3 Å². The standard InChI is InChI=1S/C22H27N3O6/c1-2-22(16-11-7-4-8-12-16)20(29)25(21(30)24-22)13-18(27)31-14-17(26)23-19(28)15-9-5-3-6-10-15/h4,7-8,11-12,15H,2-3,5-6,9-10,13-14H2,1H3,(H,24,30)(H,23,26,28). The Bertz CT molecular complexity index is 865. The number of imide groups is 2. The fraction of sp³-hybridized carbons (Fsp3) is 0.500. The number of nitrogens with zero attached hydrogens (tertiary/aromatic N) is 1. The zero-order valence-electron chi connectivity index (χ0n) is 17.5. The maximum absolute atomic E-state index is 13.0. The average Bonchev–Trinajstić information content (AvgIpc) is 3.04. The average molecular weight is 429 g/mol. The van der Waals surface area contributed by atoms with Crippen LogP contribution in [0.2, 0.25) is 0 Å². The highest BCUT2D eigenvalue weighted by Gasteiger charge is 2.51. The molecule has 31 heavy (non-hydrogen) atoms. The summed E-state index contributed by atoms with van der Waals surface area (Å²) < 4.78 is 4.88. The normalized spacial score (nSPS) is 21.5. The second-order valence-corrected chi connectivity index (χ2v) is 7.85. The van der Waals surface area contributed by atoms with Crippen LogP contribution in [0.25, 0.3) is 0 Å². The molecule has 3 rings (SSSR count). The molecule has 2 aliphatic rings. The van der Waals surface area contributed by atoms with E-state index in [4.69, 9.17) is 4.74 Å². The highest BCUT2D eigenvalue weighted by molar-refractivity contribution is 6.09. The molecule has 1 saturated heterocycles. The van der Waals surface area contributed by atoms with Gasteiger partial charge in [0, 0.05) is 5.92 Å². The molecule has 1 aromatic rings. The molecule has 1 unspecified atom stereocenters. The second-order valence-electron chi connectivity index (χ2n) is 7.85. The molecule has 0 radical (unpaired) electrons. The smallest absolute Gasteiger partial charge is 0.326 e. The quantitative estimate of drug-likeness (QED) is 0.502. The molecule has 1 aromatic carbocycles. The third kappa shape index (κ3) is 4.92. The van der Waals surface area contributed by atoms with Crippen molar-refractivity contribution in [2.75, 3.05) is 13.2 Å². The molecule has 1 atom stereocenters. The molecule has 1 saturated carbocycles. The van der Waals surface area contributed by atoms with E-state index in [9.17, 15) is 24.0 Å². The number of amides is 5. The van der Waals surface area contributed by atoms with E-state index in [0.717, 1.165) is 37.0 Å². The van der Waals surface area contributed by atoms with Gasteiger partial charge in [0.15, 0.2) is 6.61 Å². The van der Waals surface area contributed by atoms with E-state index in [2.05, 4.69) is 10.6 Å². The van der Waals surface area contributed by atoms with Crippen molar-refractivity contribution in [3.8, 4) is 0 Å². The zero-order valence-corrected chi connectivity index (χ0v) is 17.5. The molecular weight excluding hydrogens is 402 g/mol. The molecule has 9 heteroatoms. The van der Waals surface area contributed by atoms with Crippen LogP contribution in [0, 0.1) is 5.92 Å². The summed E-state index contributed by atoms with van der Waals surface area (Å²) in [6.07, 6.45) is 4.78. The lowest BCUT2D eigenvalue weighted by molar-refractivity contribution is -0.152. The zero-order chi connectivity index (χ0) is 22.4. The lowest BCUT2D eigenvalue weighted by Crippen LogP contribution is -2.44. The minimum atomic E-state index is -1.25. The number of hydrogen-bond donors (Lipinski definition) is 2. The van der Waals surface area contributed by atoms with E-state index in [0.29, 0.717) is 12.0 Å². The molecule has 166 valence electrons. The van der Waals surface area contributed by atoms with Crippen LogP contribution >= 0.6 is 0 Å². The predicted molar refractivity (Wildman–Crippen MR) is 109 cm³/mol. The van der Waals surface area contributed by atoms with Gasteiger partial charge in [-0.2, -0.15) is 0 Å². The van der Waals surface area contributed by atoms with Crippen LogP contribution in [0.3, 0.4) is 0 Å². The Labute approximate surface area is 180 Å². The third-order valence-electron chi connectivity index (χ3n) is 5.86. The lowest BCUT2D eigenvalue weighted by atomic mass is 9.87. The summed E-state index contributed by atoms with van der Waals surface area (Å²) in [5, 5.41) is 4.92. The second kappa shape index (κ2) is 9.72. The van der Waals surface area contributed by atoms with Crippen molar-refractivity contribution < 1.29 is 28.7 Å². The lowest BCUT2D eigenvalue weighted by Gasteiger charge is -2.25. The first-order chi connectivity index (χ1) is 14.9. The maximum Gasteiger partial charge on any atom is 0.326 e. The first-order valence-electron chi connectivity index (χ1n) is 10.6. The summed E-state index contributed by atoms with van der Waals surface area (Å²) >= 11 is 0. The number of hydrogen-bond acceptors (Lipinski definition) is 6. The van der Waals surface area contributed by atoms with E-state index in [1.807, 2.05) is 0 Å². The van der Waals surface area contributed by atoms with Crippen LogP contribution in [0.1, 0.15) is 51.0 Å². The van der Waals surface area contributed by atoms with Gasteiger partial charge in [-0.3, -0.25) is 29.4 Å². The van der Waals surface area contributed by atoms with Gasteiger partial charge in [-0.15, -0.1) is 0 Å². The van der Waals surface area contributed by atoms with Gasteiger partial charge in [-0.1, -0.05) is 56.5 Å². The largest absolute Gasteiger partial charge is 0.454 e. The van der Waals surface area contributed by atoms with Gasteiger partial charge in [0.25, 0.3) is 11.8 Å². The van der Waals surface area contributed by atoms with Gasteiger partial charge in [0.1, 0.15) is 12.1 Å². The monoisotopic (exact) mass is 429 g/mol. The summed E-state index contributed by atoms with van der Waals surface area (Å²) in [4.78, 5) is 62.3. The van der Waals surface area contributed by atoms with Crippen molar-refractivity contribution in [3.63, 3.8) is 0 Å². The first-order valence-corrected chi connectivity index (χ1v) is 10.6. The number of carbonyl (C=O) groups is 5. The van der Waals surface area contributed by atoms with Crippen LogP contribution in [0.5, 0.6) is 0 Å². The molecule has 0 bridgehead atoms. The highest BCUT2D eigenvalue weighted by Crippen LogP contribution is 2.32. The molecule has 0 aromatic heterocycles. The van der Waals surface area contributed by atoms with Crippen LogP contribution < -0.4 is 10.6 Å². The van der Waals surface area contributed by atoms with Crippen LogP contribution in [-0.4, -0.2) is 47.8 Å². The van der Waals surface area contributed by atoms with E-state index in [1.165, 1.54) is 0 Å². The molecule has 1 heterocycles. The number of urea groups is 1. The molecule has 1 aliphatic carbocycles. The Balaban J connectivity index is 1.53. The van der Waals surface area contributed by atoms with Crippen molar-refractivity contribution in [1.29, 1.82) is 0 Å². The van der Waals surface area contributed by atoms with Gasteiger partial charge in [-0.25, -0.2) is 4.79 Å². The number of carbonyl (C=O) groups excluding carboxylic acids is 5. The van der Waals surface area contributed by atoms with Gasteiger partial charge >= 0.3 is 12.0 Å². The van der Waals surface area contributed by atoms with E-state index >= 15 is 0 Å². The van der Waals surface area contributed by atoms with Crippen molar-refractivity contribution in [2.24, 2.45) is 5.92 Å². The first kappa shape index (κ1) is 22.5. The Hall–Kier alpha value is -3.23. The number of nitrogens with one attached hydrogen (secondary N) is 2. The number of ether oxygens (including phenoxy) is 1. The van der Waals surface area contributed by atoms with Crippen LogP contribution in [0.4, 0.5) is 4.79 Å². The minimum Gasteiger partial charge on any atom is -0.454 e. The third-order valence-corrected chi connectivity index (χ3v) is 5.86. The van der Waals surface area contributed by atoms with Gasteiger partial charge in [0.2, 0.25) is 5.91 Å². The fourth-order valence-electron chi connectivity index (χ4n) is 4.09. The van der Waals surface area contributed by atoms with Crippen LogP contribution in [0.15, 0.2) is 30.3 Å². The summed E-state index contributed by atoms with van der Waals surface area (Å²) in [5.41, 5.74) is -0.630. The Morgan fingerprint density at radius 1 is 1.13 bits per heavy atom.